The van der Waals surface area contributed by atoms with E-state index < -0.39 is 0 Å². The standard InChI is InChI=1S/C24H32N2O2/c1-27-23-14-13-21(17-24(23)28-22-9-5-6-10-22)26-16-15-25-20(18-26)12-11-19-7-3-2-4-8-19/h2-4,7-8,13-14,17,20,22,25H,5-6,9-12,15-16,18H2,1H3/t20-/m0/s1. The zero-order valence-electron chi connectivity index (χ0n) is 16.9. The molecule has 0 amide bonds. The van der Waals surface area contributed by atoms with Crippen LogP contribution in [0.25, 0.3) is 0 Å². The highest BCUT2D eigenvalue weighted by Gasteiger charge is 2.22. The van der Waals surface area contributed by atoms with E-state index in [-0.39, 0.29) is 0 Å². The second-order valence-corrected chi connectivity index (χ2v) is 7.98. The van der Waals surface area contributed by atoms with Crippen molar-refractivity contribution >= 4 is 5.69 Å². The number of rotatable bonds is 7. The Hall–Kier alpha value is -2.20. The Morgan fingerprint density at radius 2 is 1.86 bits per heavy atom. The molecule has 28 heavy (non-hydrogen) atoms. The van der Waals surface area contributed by atoms with Gasteiger partial charge in [-0.05, 0) is 56.2 Å². The Labute approximate surface area is 168 Å². The van der Waals surface area contributed by atoms with Crippen molar-refractivity contribution in [1.82, 2.24) is 5.32 Å². The average molecular weight is 381 g/mol. The minimum atomic E-state index is 0.339. The largest absolute Gasteiger partial charge is 0.493 e. The van der Waals surface area contributed by atoms with Gasteiger partial charge in [-0.2, -0.15) is 0 Å². The van der Waals surface area contributed by atoms with Gasteiger partial charge in [0.25, 0.3) is 0 Å². The molecule has 2 aliphatic rings. The van der Waals surface area contributed by atoms with E-state index in [0.717, 1.165) is 56.8 Å². The first kappa shape index (κ1) is 19.1. The molecule has 4 rings (SSSR count). The van der Waals surface area contributed by atoms with E-state index in [1.165, 1.54) is 24.1 Å². The highest BCUT2D eigenvalue weighted by molar-refractivity contribution is 5.57. The molecule has 0 radical (unpaired) electrons. The first-order valence-electron chi connectivity index (χ1n) is 10.7. The quantitative estimate of drug-likeness (QED) is 0.771. The van der Waals surface area contributed by atoms with E-state index in [0.29, 0.717) is 12.1 Å². The number of nitrogens with zero attached hydrogens (tertiary/aromatic N) is 1. The van der Waals surface area contributed by atoms with Crippen LogP contribution in [0.4, 0.5) is 5.69 Å². The summed E-state index contributed by atoms with van der Waals surface area (Å²) in [5.41, 5.74) is 2.65. The lowest BCUT2D eigenvalue weighted by Gasteiger charge is -2.35. The molecular formula is C24H32N2O2. The Kier molecular flexibility index (Phi) is 6.38. The summed E-state index contributed by atoms with van der Waals surface area (Å²) in [6, 6.07) is 17.7. The van der Waals surface area contributed by atoms with Crippen LogP contribution < -0.4 is 19.7 Å². The summed E-state index contributed by atoms with van der Waals surface area (Å²) in [6.07, 6.45) is 7.46. The number of hydrogen-bond donors (Lipinski definition) is 1. The van der Waals surface area contributed by atoms with Crippen LogP contribution in [0.15, 0.2) is 48.5 Å². The van der Waals surface area contributed by atoms with Gasteiger partial charge in [0, 0.05) is 37.4 Å². The van der Waals surface area contributed by atoms with Crippen molar-refractivity contribution in [3.63, 3.8) is 0 Å². The summed E-state index contributed by atoms with van der Waals surface area (Å²) in [5, 5.41) is 3.69. The normalized spacial score (nSPS) is 20.3. The smallest absolute Gasteiger partial charge is 0.163 e. The Morgan fingerprint density at radius 3 is 2.64 bits per heavy atom. The van der Waals surface area contributed by atoms with Gasteiger partial charge >= 0.3 is 0 Å². The third kappa shape index (κ3) is 4.79. The molecule has 1 atom stereocenters. The number of piperazine rings is 1. The molecule has 2 aromatic rings. The molecule has 2 fully saturated rings. The van der Waals surface area contributed by atoms with Gasteiger partial charge in [-0.3, -0.25) is 0 Å². The van der Waals surface area contributed by atoms with E-state index in [2.05, 4.69) is 58.7 Å². The molecule has 1 N–H and O–H groups in total. The Balaban J connectivity index is 1.40. The van der Waals surface area contributed by atoms with Crippen LogP contribution >= 0.6 is 0 Å². The van der Waals surface area contributed by atoms with E-state index >= 15 is 0 Å². The highest BCUT2D eigenvalue weighted by atomic mass is 16.5. The van der Waals surface area contributed by atoms with Crippen molar-refractivity contribution in [3.05, 3.63) is 54.1 Å². The molecule has 1 saturated carbocycles. The van der Waals surface area contributed by atoms with Gasteiger partial charge in [-0.1, -0.05) is 30.3 Å². The van der Waals surface area contributed by atoms with Crippen LogP contribution in [0.1, 0.15) is 37.7 Å². The van der Waals surface area contributed by atoms with Crippen molar-refractivity contribution in [1.29, 1.82) is 0 Å². The monoisotopic (exact) mass is 380 g/mol. The summed E-state index contributed by atoms with van der Waals surface area (Å²) in [4.78, 5) is 2.48. The van der Waals surface area contributed by atoms with Crippen molar-refractivity contribution in [2.24, 2.45) is 0 Å². The molecule has 2 aromatic carbocycles. The number of aryl methyl sites for hydroxylation is 1. The molecule has 4 nitrogen and oxygen atoms in total. The summed E-state index contributed by atoms with van der Waals surface area (Å²) < 4.78 is 11.8. The van der Waals surface area contributed by atoms with Crippen molar-refractivity contribution in [3.8, 4) is 11.5 Å². The van der Waals surface area contributed by atoms with Gasteiger partial charge in [0.15, 0.2) is 11.5 Å². The van der Waals surface area contributed by atoms with Crippen molar-refractivity contribution in [2.75, 3.05) is 31.6 Å². The number of methoxy groups -OCH3 is 1. The first-order valence-corrected chi connectivity index (χ1v) is 10.7. The van der Waals surface area contributed by atoms with Crippen LogP contribution in [-0.4, -0.2) is 38.9 Å². The fourth-order valence-electron chi connectivity index (χ4n) is 4.38. The van der Waals surface area contributed by atoms with Gasteiger partial charge in [-0.15, -0.1) is 0 Å². The van der Waals surface area contributed by atoms with Gasteiger partial charge in [0.1, 0.15) is 0 Å². The van der Waals surface area contributed by atoms with E-state index in [1.54, 1.807) is 7.11 Å². The zero-order chi connectivity index (χ0) is 19.2. The Bertz CT molecular complexity index is 744. The maximum absolute atomic E-state index is 6.29. The van der Waals surface area contributed by atoms with Crippen LogP contribution in [0.3, 0.4) is 0 Å². The average Bonchev–Trinajstić information content (AvgIpc) is 3.26. The molecule has 1 aliphatic carbocycles. The predicted octanol–water partition coefficient (Wildman–Crippen LogP) is 4.43. The fourth-order valence-corrected chi connectivity index (χ4v) is 4.38. The zero-order valence-corrected chi connectivity index (χ0v) is 16.9. The lowest BCUT2D eigenvalue weighted by atomic mass is 10.0. The van der Waals surface area contributed by atoms with Gasteiger partial charge in [-0.25, -0.2) is 0 Å². The number of anilines is 1. The fraction of sp³-hybridized carbons (Fsp3) is 0.500. The van der Waals surface area contributed by atoms with Crippen LogP contribution in [0.2, 0.25) is 0 Å². The van der Waals surface area contributed by atoms with Gasteiger partial charge in [0.2, 0.25) is 0 Å². The summed E-state index contributed by atoms with van der Waals surface area (Å²) in [6.45, 7) is 3.07. The molecule has 0 unspecified atom stereocenters. The maximum Gasteiger partial charge on any atom is 0.163 e. The van der Waals surface area contributed by atoms with Gasteiger partial charge < -0.3 is 19.7 Å². The summed E-state index contributed by atoms with van der Waals surface area (Å²) in [7, 11) is 1.72. The van der Waals surface area contributed by atoms with Crippen molar-refractivity contribution < 1.29 is 9.47 Å². The van der Waals surface area contributed by atoms with E-state index in [1.807, 2.05) is 0 Å². The Morgan fingerprint density at radius 1 is 1.04 bits per heavy atom. The molecule has 0 bridgehead atoms. The SMILES string of the molecule is COc1ccc(N2CCN[C@@H](CCc3ccccc3)C2)cc1OC1CCCC1. The summed E-state index contributed by atoms with van der Waals surface area (Å²) in [5.74, 6) is 1.73. The third-order valence-corrected chi connectivity index (χ3v) is 5.99. The number of benzene rings is 2. The maximum atomic E-state index is 6.29. The second kappa shape index (κ2) is 9.33. The van der Waals surface area contributed by atoms with Crippen molar-refractivity contribution in [2.45, 2.75) is 50.7 Å². The molecule has 4 heteroatoms. The summed E-state index contributed by atoms with van der Waals surface area (Å²) >= 11 is 0. The van der Waals surface area contributed by atoms with Crippen LogP contribution in [-0.2, 0) is 6.42 Å². The number of nitrogens with one attached hydrogen (secondary N) is 1. The number of hydrogen-bond acceptors (Lipinski definition) is 4. The lowest BCUT2D eigenvalue weighted by molar-refractivity contribution is 0.201. The third-order valence-electron chi connectivity index (χ3n) is 5.99. The minimum Gasteiger partial charge on any atom is -0.493 e. The minimum absolute atomic E-state index is 0.339. The topological polar surface area (TPSA) is 33.7 Å². The molecule has 150 valence electrons. The van der Waals surface area contributed by atoms with E-state index in [9.17, 15) is 0 Å². The molecular weight excluding hydrogens is 348 g/mol. The molecule has 1 saturated heterocycles. The highest BCUT2D eigenvalue weighted by Crippen LogP contribution is 2.35. The first-order chi connectivity index (χ1) is 13.8. The number of ether oxygens (including phenoxy) is 2. The van der Waals surface area contributed by atoms with Gasteiger partial charge in [0.05, 0.1) is 13.2 Å². The predicted molar refractivity (Wildman–Crippen MR) is 115 cm³/mol. The lowest BCUT2D eigenvalue weighted by Crippen LogP contribution is -2.50. The molecule has 1 aliphatic heterocycles. The molecule has 0 aromatic heterocycles. The second-order valence-electron chi connectivity index (χ2n) is 7.98. The van der Waals surface area contributed by atoms with Crippen LogP contribution in [0.5, 0.6) is 11.5 Å². The molecule has 1 heterocycles. The van der Waals surface area contributed by atoms with Crippen LogP contribution in [0, 0.1) is 0 Å². The van der Waals surface area contributed by atoms with E-state index in [4.69, 9.17) is 9.47 Å². The molecule has 0 spiro atoms.